The van der Waals surface area contributed by atoms with Gasteiger partial charge >= 0.3 is 0 Å². The van der Waals surface area contributed by atoms with E-state index in [0.29, 0.717) is 12.0 Å². The second-order valence-corrected chi connectivity index (χ2v) is 4.47. The Morgan fingerprint density at radius 2 is 1.71 bits per heavy atom. The van der Waals surface area contributed by atoms with Crippen LogP contribution < -0.4 is 5.73 Å². The van der Waals surface area contributed by atoms with Crippen LogP contribution in [0.5, 0.6) is 0 Å². The second-order valence-electron chi connectivity index (χ2n) is 4.47. The molecule has 2 N–H and O–H groups in total. The van der Waals surface area contributed by atoms with Gasteiger partial charge in [-0.2, -0.15) is 0 Å². The Hall–Kier alpha value is -0.820. The third-order valence-corrected chi connectivity index (χ3v) is 3.32. The molecule has 1 saturated carbocycles. The summed E-state index contributed by atoms with van der Waals surface area (Å²) in [5, 5.41) is 0. The molecule has 1 nitrogen and oxygen atoms in total. The predicted octanol–water partition coefficient (Wildman–Crippen LogP) is 2.98. The fraction of sp³-hybridized carbons (Fsp3) is 0.538. The predicted molar refractivity (Wildman–Crippen MR) is 60.4 cm³/mol. The molecule has 14 heavy (non-hydrogen) atoms. The first-order valence-corrected chi connectivity index (χ1v) is 5.59. The fourth-order valence-electron chi connectivity index (χ4n) is 2.39. The molecule has 0 heterocycles. The molecule has 1 aromatic rings. The molecule has 1 aliphatic carbocycles. The lowest BCUT2D eigenvalue weighted by atomic mass is 9.80. The maximum atomic E-state index is 6.15. The topological polar surface area (TPSA) is 26.0 Å². The third-order valence-electron chi connectivity index (χ3n) is 3.32. The molecule has 0 amide bonds. The molecule has 0 aromatic heterocycles. The van der Waals surface area contributed by atoms with E-state index in [1.54, 1.807) is 0 Å². The molecule has 1 aliphatic rings. The van der Waals surface area contributed by atoms with Gasteiger partial charge in [0, 0.05) is 6.04 Å². The third kappa shape index (κ3) is 1.98. The zero-order valence-electron chi connectivity index (χ0n) is 8.87. The van der Waals surface area contributed by atoms with Crippen molar-refractivity contribution in [2.24, 2.45) is 5.73 Å². The molecule has 2 unspecified atom stereocenters. The van der Waals surface area contributed by atoms with Gasteiger partial charge in [0.2, 0.25) is 0 Å². The molecule has 0 radical (unpaired) electrons. The first-order chi connectivity index (χ1) is 6.77. The van der Waals surface area contributed by atoms with Gasteiger partial charge in [-0.05, 0) is 31.2 Å². The van der Waals surface area contributed by atoms with Gasteiger partial charge in [-0.3, -0.25) is 0 Å². The lowest BCUT2D eigenvalue weighted by Crippen LogP contribution is -2.31. The lowest BCUT2D eigenvalue weighted by Gasteiger charge is -2.28. The molecular formula is C13H19N. The summed E-state index contributed by atoms with van der Waals surface area (Å²) in [6, 6.07) is 9.25. The van der Waals surface area contributed by atoms with Crippen LogP contribution in [0.3, 0.4) is 0 Å². The quantitative estimate of drug-likeness (QED) is 0.722. The van der Waals surface area contributed by atoms with E-state index in [1.165, 1.54) is 36.8 Å². The summed E-state index contributed by atoms with van der Waals surface area (Å²) in [7, 11) is 0. The standard InChI is InChI=1S/C13H19N/c1-10-6-8-11(9-7-10)12-4-2-3-5-13(12)14/h6-9,12-13H,2-5,14H2,1H3. The summed E-state index contributed by atoms with van der Waals surface area (Å²) >= 11 is 0. The second kappa shape index (κ2) is 4.14. The molecule has 2 atom stereocenters. The van der Waals surface area contributed by atoms with Crippen molar-refractivity contribution in [3.63, 3.8) is 0 Å². The average Bonchev–Trinajstić information content (AvgIpc) is 2.20. The first kappa shape index (κ1) is 9.72. The normalized spacial score (nSPS) is 27.6. The van der Waals surface area contributed by atoms with E-state index in [2.05, 4.69) is 31.2 Å². The van der Waals surface area contributed by atoms with E-state index in [4.69, 9.17) is 5.73 Å². The highest BCUT2D eigenvalue weighted by atomic mass is 14.7. The van der Waals surface area contributed by atoms with Crippen molar-refractivity contribution < 1.29 is 0 Å². The van der Waals surface area contributed by atoms with E-state index < -0.39 is 0 Å². The molecule has 1 fully saturated rings. The highest BCUT2D eigenvalue weighted by Gasteiger charge is 2.22. The molecule has 76 valence electrons. The average molecular weight is 189 g/mol. The molecule has 1 aromatic carbocycles. The van der Waals surface area contributed by atoms with Gasteiger partial charge < -0.3 is 5.73 Å². The molecular weight excluding hydrogens is 170 g/mol. The van der Waals surface area contributed by atoms with E-state index in [0.717, 1.165) is 0 Å². The molecule has 1 heteroatoms. The smallest absolute Gasteiger partial charge is 0.0108 e. The van der Waals surface area contributed by atoms with Crippen LogP contribution in [0, 0.1) is 6.92 Å². The van der Waals surface area contributed by atoms with Crippen LogP contribution in [0.1, 0.15) is 42.7 Å². The van der Waals surface area contributed by atoms with Crippen molar-refractivity contribution >= 4 is 0 Å². The number of rotatable bonds is 1. The Kier molecular flexibility index (Phi) is 2.87. The molecule has 0 bridgehead atoms. The Morgan fingerprint density at radius 1 is 1.07 bits per heavy atom. The zero-order chi connectivity index (χ0) is 9.97. The Balaban J connectivity index is 2.16. The molecule has 0 saturated heterocycles. The van der Waals surface area contributed by atoms with Crippen molar-refractivity contribution in [2.45, 2.75) is 44.6 Å². The number of aryl methyl sites for hydroxylation is 1. The van der Waals surface area contributed by atoms with E-state index in [-0.39, 0.29) is 0 Å². The van der Waals surface area contributed by atoms with Gasteiger partial charge in [0.15, 0.2) is 0 Å². The van der Waals surface area contributed by atoms with Gasteiger partial charge in [-0.25, -0.2) is 0 Å². The Labute approximate surface area is 86.3 Å². The van der Waals surface area contributed by atoms with Crippen LogP contribution in [0.2, 0.25) is 0 Å². The maximum absolute atomic E-state index is 6.15. The van der Waals surface area contributed by atoms with E-state index in [9.17, 15) is 0 Å². The highest BCUT2D eigenvalue weighted by Crippen LogP contribution is 2.31. The van der Waals surface area contributed by atoms with Crippen molar-refractivity contribution in [2.75, 3.05) is 0 Å². The van der Waals surface area contributed by atoms with Crippen LogP contribution >= 0.6 is 0 Å². The summed E-state index contributed by atoms with van der Waals surface area (Å²) in [6.45, 7) is 2.13. The monoisotopic (exact) mass is 189 g/mol. The summed E-state index contributed by atoms with van der Waals surface area (Å²) in [5.74, 6) is 0.601. The zero-order valence-corrected chi connectivity index (χ0v) is 8.87. The Bertz CT molecular complexity index is 289. The Morgan fingerprint density at radius 3 is 2.36 bits per heavy atom. The minimum atomic E-state index is 0.381. The van der Waals surface area contributed by atoms with Crippen molar-refractivity contribution in [1.82, 2.24) is 0 Å². The van der Waals surface area contributed by atoms with Crippen molar-refractivity contribution in [3.8, 4) is 0 Å². The minimum Gasteiger partial charge on any atom is -0.327 e. The van der Waals surface area contributed by atoms with Crippen LogP contribution in [0.15, 0.2) is 24.3 Å². The van der Waals surface area contributed by atoms with Gasteiger partial charge in [-0.15, -0.1) is 0 Å². The number of benzene rings is 1. The first-order valence-electron chi connectivity index (χ1n) is 5.59. The highest BCUT2D eigenvalue weighted by molar-refractivity contribution is 5.26. The minimum absolute atomic E-state index is 0.381. The summed E-state index contributed by atoms with van der Waals surface area (Å²) in [6.07, 6.45) is 5.11. The number of hydrogen-bond acceptors (Lipinski definition) is 1. The van der Waals surface area contributed by atoms with Gasteiger partial charge in [0.1, 0.15) is 0 Å². The molecule has 0 spiro atoms. The van der Waals surface area contributed by atoms with Crippen LogP contribution in [0.4, 0.5) is 0 Å². The van der Waals surface area contributed by atoms with Gasteiger partial charge in [0.05, 0.1) is 0 Å². The van der Waals surface area contributed by atoms with E-state index >= 15 is 0 Å². The molecule has 0 aliphatic heterocycles. The number of hydrogen-bond donors (Lipinski definition) is 1. The van der Waals surface area contributed by atoms with Gasteiger partial charge in [-0.1, -0.05) is 42.7 Å². The summed E-state index contributed by atoms with van der Waals surface area (Å²) in [4.78, 5) is 0. The summed E-state index contributed by atoms with van der Waals surface area (Å²) < 4.78 is 0. The van der Waals surface area contributed by atoms with E-state index in [1.807, 2.05) is 0 Å². The van der Waals surface area contributed by atoms with Crippen LogP contribution in [0.25, 0.3) is 0 Å². The summed E-state index contributed by atoms with van der Waals surface area (Å²) in [5.41, 5.74) is 8.91. The number of nitrogens with two attached hydrogens (primary N) is 1. The SMILES string of the molecule is Cc1ccc(C2CCCCC2N)cc1. The van der Waals surface area contributed by atoms with Gasteiger partial charge in [0.25, 0.3) is 0 Å². The maximum Gasteiger partial charge on any atom is 0.0108 e. The largest absolute Gasteiger partial charge is 0.327 e. The van der Waals surface area contributed by atoms with Crippen molar-refractivity contribution in [3.05, 3.63) is 35.4 Å². The van der Waals surface area contributed by atoms with Crippen LogP contribution in [-0.2, 0) is 0 Å². The molecule has 2 rings (SSSR count). The van der Waals surface area contributed by atoms with Crippen molar-refractivity contribution in [1.29, 1.82) is 0 Å². The fourth-order valence-corrected chi connectivity index (χ4v) is 2.39. The lowest BCUT2D eigenvalue weighted by molar-refractivity contribution is 0.385. The van der Waals surface area contributed by atoms with Crippen LogP contribution in [-0.4, -0.2) is 6.04 Å².